The van der Waals surface area contributed by atoms with Crippen LogP contribution in [0.3, 0.4) is 0 Å². The highest BCUT2D eigenvalue weighted by molar-refractivity contribution is 5.85. The van der Waals surface area contributed by atoms with Crippen molar-refractivity contribution in [3.63, 3.8) is 0 Å². The summed E-state index contributed by atoms with van der Waals surface area (Å²) in [6.07, 6.45) is 3.47. The van der Waals surface area contributed by atoms with Crippen LogP contribution in [0.2, 0.25) is 0 Å². The second kappa shape index (κ2) is 6.94. The number of rotatable bonds is 2. The van der Waals surface area contributed by atoms with Crippen LogP contribution >= 0.6 is 12.4 Å². The highest BCUT2D eigenvalue weighted by atomic mass is 35.5. The lowest BCUT2D eigenvalue weighted by molar-refractivity contribution is -0.139. The molecule has 1 heterocycles. The first kappa shape index (κ1) is 18.7. The van der Waals surface area contributed by atoms with Crippen LogP contribution < -0.4 is 5.73 Å². The van der Waals surface area contributed by atoms with Crippen LogP contribution in [-0.2, 0) is 4.79 Å². The van der Waals surface area contributed by atoms with Crippen molar-refractivity contribution in [1.82, 2.24) is 4.90 Å². The van der Waals surface area contributed by atoms with Gasteiger partial charge in [0.2, 0.25) is 5.91 Å². The van der Waals surface area contributed by atoms with Crippen LogP contribution in [0.15, 0.2) is 0 Å². The topological polar surface area (TPSA) is 46.3 Å². The van der Waals surface area contributed by atoms with Gasteiger partial charge in [0.15, 0.2) is 0 Å². The number of carbonyl (C=O) groups excluding carboxylic acids is 1. The highest BCUT2D eigenvalue weighted by Gasteiger charge is 2.33. The Morgan fingerprint density at radius 3 is 2.21 bits per heavy atom. The summed E-state index contributed by atoms with van der Waals surface area (Å²) in [5.41, 5.74) is 5.64. The zero-order valence-corrected chi connectivity index (χ0v) is 14.0. The van der Waals surface area contributed by atoms with Gasteiger partial charge < -0.3 is 10.6 Å². The van der Waals surface area contributed by atoms with Crippen LogP contribution in [0, 0.1) is 16.7 Å². The molecule has 0 bridgehead atoms. The lowest BCUT2D eigenvalue weighted by Crippen LogP contribution is -2.45. The highest BCUT2D eigenvalue weighted by Crippen LogP contribution is 2.34. The van der Waals surface area contributed by atoms with E-state index in [0.717, 1.165) is 31.8 Å². The standard InChI is InChI=1S/C15H30N2O.ClH/c1-14(2,3)12-7-6-9-17(10-8-12)13(18)15(4,5)11-16;/h12H,6-11,16H2,1-5H3;1H. The van der Waals surface area contributed by atoms with E-state index >= 15 is 0 Å². The van der Waals surface area contributed by atoms with Gasteiger partial charge in [-0.1, -0.05) is 20.8 Å². The molecule has 1 amide bonds. The third-order valence-corrected chi connectivity index (χ3v) is 4.33. The lowest BCUT2D eigenvalue weighted by Gasteiger charge is -2.32. The van der Waals surface area contributed by atoms with E-state index in [4.69, 9.17) is 5.73 Å². The quantitative estimate of drug-likeness (QED) is 0.849. The van der Waals surface area contributed by atoms with Crippen molar-refractivity contribution in [2.24, 2.45) is 22.5 Å². The Morgan fingerprint density at radius 1 is 1.16 bits per heavy atom. The fourth-order valence-electron chi connectivity index (χ4n) is 2.68. The summed E-state index contributed by atoms with van der Waals surface area (Å²) in [5, 5.41) is 0. The van der Waals surface area contributed by atoms with Gasteiger partial charge in [-0.25, -0.2) is 0 Å². The van der Waals surface area contributed by atoms with E-state index in [1.54, 1.807) is 0 Å². The molecule has 1 saturated heterocycles. The van der Waals surface area contributed by atoms with Crippen LogP contribution in [0.5, 0.6) is 0 Å². The average molecular weight is 291 g/mol. The summed E-state index contributed by atoms with van der Waals surface area (Å²) in [5.74, 6) is 0.941. The van der Waals surface area contributed by atoms with Crippen LogP contribution in [0.25, 0.3) is 0 Å². The van der Waals surface area contributed by atoms with Gasteiger partial charge in [-0.3, -0.25) is 4.79 Å². The number of nitrogens with zero attached hydrogens (tertiary/aromatic N) is 1. The number of halogens is 1. The van der Waals surface area contributed by atoms with Crippen LogP contribution in [0.4, 0.5) is 0 Å². The van der Waals surface area contributed by atoms with Gasteiger partial charge in [-0.15, -0.1) is 12.4 Å². The largest absolute Gasteiger partial charge is 0.342 e. The van der Waals surface area contributed by atoms with Crippen LogP contribution in [0.1, 0.15) is 53.9 Å². The third kappa shape index (κ3) is 4.96. The first-order valence-corrected chi connectivity index (χ1v) is 7.18. The summed E-state index contributed by atoms with van der Waals surface area (Å²) >= 11 is 0. The Balaban J connectivity index is 0.00000324. The molecule has 0 aromatic carbocycles. The molecule has 1 rings (SSSR count). The Morgan fingerprint density at radius 2 is 1.74 bits per heavy atom. The van der Waals surface area contributed by atoms with E-state index in [1.807, 2.05) is 18.7 Å². The zero-order valence-electron chi connectivity index (χ0n) is 13.2. The molecule has 1 aliphatic rings. The predicted octanol–water partition coefficient (Wildman–Crippen LogP) is 3.07. The van der Waals surface area contributed by atoms with E-state index in [0.29, 0.717) is 12.0 Å². The summed E-state index contributed by atoms with van der Waals surface area (Å²) in [6, 6.07) is 0. The fourth-order valence-corrected chi connectivity index (χ4v) is 2.68. The maximum atomic E-state index is 12.4. The van der Waals surface area contributed by atoms with Gasteiger partial charge in [-0.05, 0) is 44.4 Å². The molecular weight excluding hydrogens is 260 g/mol. The number of likely N-dealkylation sites (tertiary alicyclic amines) is 1. The van der Waals surface area contributed by atoms with Crippen molar-refractivity contribution >= 4 is 18.3 Å². The molecule has 3 nitrogen and oxygen atoms in total. The molecule has 1 aliphatic heterocycles. The van der Waals surface area contributed by atoms with Gasteiger partial charge in [0.05, 0.1) is 5.41 Å². The summed E-state index contributed by atoms with van der Waals surface area (Å²) in [7, 11) is 0. The second-order valence-corrected chi connectivity index (χ2v) is 7.37. The van der Waals surface area contributed by atoms with Crippen molar-refractivity contribution < 1.29 is 4.79 Å². The molecule has 0 aliphatic carbocycles. The van der Waals surface area contributed by atoms with Crippen molar-refractivity contribution in [3.05, 3.63) is 0 Å². The smallest absolute Gasteiger partial charge is 0.229 e. The second-order valence-electron chi connectivity index (χ2n) is 7.37. The number of amides is 1. The van der Waals surface area contributed by atoms with Crippen molar-refractivity contribution in [1.29, 1.82) is 0 Å². The van der Waals surface area contributed by atoms with Crippen molar-refractivity contribution in [2.45, 2.75) is 53.9 Å². The summed E-state index contributed by atoms with van der Waals surface area (Å²) in [6.45, 7) is 13.0. The normalized spacial score (nSPS) is 21.6. The van der Waals surface area contributed by atoms with E-state index in [-0.39, 0.29) is 18.3 Å². The number of carbonyl (C=O) groups is 1. The van der Waals surface area contributed by atoms with Gasteiger partial charge in [0.1, 0.15) is 0 Å². The van der Waals surface area contributed by atoms with Crippen molar-refractivity contribution in [2.75, 3.05) is 19.6 Å². The monoisotopic (exact) mass is 290 g/mol. The molecular formula is C15H31ClN2O. The number of nitrogens with two attached hydrogens (primary N) is 1. The van der Waals surface area contributed by atoms with Crippen LogP contribution in [-0.4, -0.2) is 30.4 Å². The first-order valence-electron chi connectivity index (χ1n) is 7.18. The molecule has 1 fully saturated rings. The minimum Gasteiger partial charge on any atom is -0.342 e. The van der Waals surface area contributed by atoms with Gasteiger partial charge in [0, 0.05) is 19.6 Å². The molecule has 0 saturated carbocycles. The van der Waals surface area contributed by atoms with Gasteiger partial charge >= 0.3 is 0 Å². The molecule has 114 valence electrons. The lowest BCUT2D eigenvalue weighted by atomic mass is 9.77. The summed E-state index contributed by atoms with van der Waals surface area (Å²) in [4.78, 5) is 14.4. The van der Waals surface area contributed by atoms with E-state index in [9.17, 15) is 4.79 Å². The SMILES string of the molecule is CC(C)(CN)C(=O)N1CCCC(C(C)(C)C)CC1.Cl. The Labute approximate surface area is 124 Å². The Kier molecular flexibility index (Phi) is 6.84. The summed E-state index contributed by atoms with van der Waals surface area (Å²) < 4.78 is 0. The first-order chi connectivity index (χ1) is 8.18. The van der Waals surface area contributed by atoms with Gasteiger partial charge in [0.25, 0.3) is 0 Å². The minimum absolute atomic E-state index is 0. The molecule has 1 atom stereocenters. The van der Waals surface area contributed by atoms with Crippen molar-refractivity contribution in [3.8, 4) is 0 Å². The predicted molar refractivity (Wildman–Crippen MR) is 83.5 cm³/mol. The molecule has 1 unspecified atom stereocenters. The number of hydrogen-bond donors (Lipinski definition) is 1. The molecule has 0 spiro atoms. The number of hydrogen-bond acceptors (Lipinski definition) is 2. The van der Waals surface area contributed by atoms with E-state index in [1.165, 1.54) is 6.42 Å². The molecule has 19 heavy (non-hydrogen) atoms. The fraction of sp³-hybridized carbons (Fsp3) is 0.933. The molecule has 0 radical (unpaired) electrons. The minimum atomic E-state index is -0.415. The molecule has 0 aromatic heterocycles. The Bertz CT molecular complexity index is 297. The van der Waals surface area contributed by atoms with E-state index in [2.05, 4.69) is 20.8 Å². The Hall–Kier alpha value is -0.280. The zero-order chi connectivity index (χ0) is 14.0. The molecule has 2 N–H and O–H groups in total. The molecule has 0 aromatic rings. The maximum absolute atomic E-state index is 12.4. The maximum Gasteiger partial charge on any atom is 0.229 e. The van der Waals surface area contributed by atoms with E-state index < -0.39 is 5.41 Å². The third-order valence-electron chi connectivity index (χ3n) is 4.33. The average Bonchev–Trinajstić information content (AvgIpc) is 2.52. The van der Waals surface area contributed by atoms with Gasteiger partial charge in [-0.2, -0.15) is 0 Å². The molecule has 4 heteroatoms.